The average molecular weight is 662 g/mol. The van der Waals surface area contributed by atoms with Crippen LogP contribution in [0.15, 0.2) is 70.8 Å². The number of anilines is 2. The molecule has 0 atom stereocenters. The summed E-state index contributed by atoms with van der Waals surface area (Å²) in [6, 6.07) is 11.7. The van der Waals surface area contributed by atoms with E-state index in [9.17, 15) is 23.2 Å². The number of hydrogen-bond donors (Lipinski definition) is 3. The van der Waals surface area contributed by atoms with Crippen molar-refractivity contribution in [3.63, 3.8) is 0 Å². The Morgan fingerprint density at radius 3 is 1.78 bits per heavy atom. The molecule has 0 amide bonds. The first-order valence-electron chi connectivity index (χ1n) is 14.1. The highest BCUT2D eigenvalue weighted by molar-refractivity contribution is 6.31. The molecule has 2 saturated heterocycles. The first-order chi connectivity index (χ1) is 21.7. The molecule has 4 aromatic rings. The van der Waals surface area contributed by atoms with E-state index in [0.29, 0.717) is 17.7 Å². The Hall–Kier alpha value is -4.17. The minimum Gasteiger partial charge on any atom is -0.354 e. The predicted octanol–water partition coefficient (Wildman–Crippen LogP) is 3.36. The normalized spacial score (nSPS) is 14.9. The Balaban J connectivity index is 0.000000170. The molecular formula is C30H32Cl2F2N8O3. The van der Waals surface area contributed by atoms with E-state index in [4.69, 9.17) is 23.2 Å². The van der Waals surface area contributed by atoms with Crippen molar-refractivity contribution in [2.24, 2.45) is 0 Å². The lowest BCUT2D eigenvalue weighted by Crippen LogP contribution is -2.46. The van der Waals surface area contributed by atoms with Gasteiger partial charge in [-0.05, 0) is 35.9 Å². The third-order valence-corrected chi connectivity index (χ3v) is 7.51. The molecular weight excluding hydrogens is 629 g/mol. The second-order valence-electron chi connectivity index (χ2n) is 10.1. The topological polar surface area (TPSA) is 130 Å². The Bertz CT molecular complexity index is 1680. The monoisotopic (exact) mass is 660 g/mol. The molecule has 2 aromatic heterocycles. The molecule has 2 aliphatic heterocycles. The Morgan fingerprint density at radius 2 is 1.27 bits per heavy atom. The number of piperazine rings is 2. The van der Waals surface area contributed by atoms with Crippen molar-refractivity contribution >= 4 is 41.1 Å². The summed E-state index contributed by atoms with van der Waals surface area (Å²) in [6.07, 6.45) is 3.48. The lowest BCUT2D eigenvalue weighted by Gasteiger charge is -2.35. The minimum atomic E-state index is -0.507. The molecule has 238 valence electrons. The summed E-state index contributed by atoms with van der Waals surface area (Å²) in [5.41, 5.74) is 1.14. The number of halogens is 4. The number of carbonyl (C=O) groups excluding carboxylic acids is 1. The van der Waals surface area contributed by atoms with Crippen LogP contribution < -0.4 is 26.2 Å². The fourth-order valence-electron chi connectivity index (χ4n) is 4.57. The molecule has 2 fully saturated rings. The third-order valence-electron chi connectivity index (χ3n) is 6.93. The molecule has 0 radical (unpaired) electrons. The third kappa shape index (κ3) is 10.5. The molecule has 6 rings (SSSR count). The van der Waals surface area contributed by atoms with Gasteiger partial charge in [-0.2, -0.15) is 0 Å². The SMILES string of the molecule is O=Cc1ccc(F)c(Cl)c1.O=c1cc(N2CCN(Cc3ccc(F)c(Cl)c3)CC2)nc[nH]1.O=c1cc(N2CCNCC2)nc[nH]1. The van der Waals surface area contributed by atoms with E-state index >= 15 is 0 Å². The maximum atomic E-state index is 13.2. The first kappa shape index (κ1) is 33.7. The highest BCUT2D eigenvalue weighted by atomic mass is 35.5. The summed E-state index contributed by atoms with van der Waals surface area (Å²) in [6.45, 7) is 7.76. The summed E-state index contributed by atoms with van der Waals surface area (Å²) >= 11 is 11.2. The summed E-state index contributed by atoms with van der Waals surface area (Å²) in [5.74, 6) is 0.571. The first-order valence-corrected chi connectivity index (χ1v) is 14.8. The number of benzene rings is 2. The van der Waals surface area contributed by atoms with Crippen molar-refractivity contribution in [2.75, 3.05) is 62.2 Å². The molecule has 4 heterocycles. The number of aldehydes is 1. The second-order valence-corrected chi connectivity index (χ2v) is 10.9. The zero-order valence-electron chi connectivity index (χ0n) is 24.2. The maximum Gasteiger partial charge on any atom is 0.252 e. The second kappa shape index (κ2) is 16.8. The van der Waals surface area contributed by atoms with Crippen LogP contribution in [0.1, 0.15) is 15.9 Å². The van der Waals surface area contributed by atoms with Gasteiger partial charge < -0.3 is 25.1 Å². The van der Waals surface area contributed by atoms with E-state index < -0.39 is 11.6 Å². The van der Waals surface area contributed by atoms with Gasteiger partial charge >= 0.3 is 0 Å². The molecule has 0 spiro atoms. The standard InChI is InChI=1S/C15H16ClFN4O.C8H12N4O.C7H4ClFO/c16-12-7-11(1-2-13(12)17)9-20-3-5-21(6-4-20)14-8-15(22)19-10-18-14;13-8-5-7(10-6-11-8)12-3-1-9-2-4-12;8-6-3-5(4-10)1-2-7(6)9/h1-2,7-8,10H,3-6,9H2,(H,18,19,22);5-6,9H,1-4H2,(H,10,11,13);1-4H. The molecule has 2 aliphatic rings. The molecule has 11 nitrogen and oxygen atoms in total. The molecule has 3 N–H and O–H groups in total. The van der Waals surface area contributed by atoms with Crippen molar-refractivity contribution in [1.29, 1.82) is 0 Å². The highest BCUT2D eigenvalue weighted by Crippen LogP contribution is 2.19. The van der Waals surface area contributed by atoms with Gasteiger partial charge in [-0.25, -0.2) is 18.7 Å². The number of aromatic amines is 2. The Labute approximate surface area is 267 Å². The lowest BCUT2D eigenvalue weighted by molar-refractivity contribution is 0.112. The number of nitrogens with zero attached hydrogens (tertiary/aromatic N) is 5. The van der Waals surface area contributed by atoms with Crippen LogP contribution in [0.3, 0.4) is 0 Å². The van der Waals surface area contributed by atoms with E-state index in [1.165, 1.54) is 43.0 Å². The predicted molar refractivity (Wildman–Crippen MR) is 170 cm³/mol. The largest absolute Gasteiger partial charge is 0.354 e. The number of aromatic nitrogens is 4. The van der Waals surface area contributed by atoms with Gasteiger partial charge in [0.2, 0.25) is 0 Å². The zero-order chi connectivity index (χ0) is 32.2. The van der Waals surface area contributed by atoms with Crippen LogP contribution in [0, 0.1) is 11.6 Å². The van der Waals surface area contributed by atoms with Crippen LogP contribution >= 0.6 is 23.2 Å². The van der Waals surface area contributed by atoms with Crippen molar-refractivity contribution in [3.8, 4) is 0 Å². The smallest absolute Gasteiger partial charge is 0.252 e. The fourth-order valence-corrected chi connectivity index (χ4v) is 4.97. The number of carbonyl (C=O) groups is 1. The fraction of sp³-hybridized carbons (Fsp3) is 0.300. The van der Waals surface area contributed by atoms with Crippen LogP contribution in [0.5, 0.6) is 0 Å². The maximum absolute atomic E-state index is 13.2. The molecule has 0 unspecified atom stereocenters. The zero-order valence-corrected chi connectivity index (χ0v) is 25.7. The quantitative estimate of drug-likeness (QED) is 0.276. The highest BCUT2D eigenvalue weighted by Gasteiger charge is 2.18. The van der Waals surface area contributed by atoms with Gasteiger partial charge in [-0.1, -0.05) is 29.3 Å². The Morgan fingerprint density at radius 1 is 0.733 bits per heavy atom. The van der Waals surface area contributed by atoms with Gasteiger partial charge in [0.1, 0.15) is 29.6 Å². The molecule has 2 aromatic carbocycles. The number of rotatable bonds is 5. The van der Waals surface area contributed by atoms with Gasteiger partial charge in [0.05, 0.1) is 22.7 Å². The molecule has 0 bridgehead atoms. The van der Waals surface area contributed by atoms with Gasteiger partial charge in [0, 0.05) is 76.6 Å². The summed E-state index contributed by atoms with van der Waals surface area (Å²) in [5, 5.41) is 3.38. The molecule has 0 saturated carbocycles. The van der Waals surface area contributed by atoms with Crippen molar-refractivity contribution in [3.05, 3.63) is 115 Å². The average Bonchev–Trinajstić information content (AvgIpc) is 3.05. The van der Waals surface area contributed by atoms with E-state index in [1.54, 1.807) is 12.1 Å². The summed E-state index contributed by atoms with van der Waals surface area (Å²) in [4.78, 5) is 52.2. The molecule has 45 heavy (non-hydrogen) atoms. The van der Waals surface area contributed by atoms with Crippen LogP contribution in [0.4, 0.5) is 20.4 Å². The van der Waals surface area contributed by atoms with Crippen LogP contribution in [-0.4, -0.2) is 83.5 Å². The van der Waals surface area contributed by atoms with E-state index in [1.807, 2.05) is 0 Å². The summed E-state index contributed by atoms with van der Waals surface area (Å²) in [7, 11) is 0. The van der Waals surface area contributed by atoms with Gasteiger partial charge in [0.25, 0.3) is 11.1 Å². The van der Waals surface area contributed by atoms with Crippen molar-refractivity contribution in [1.82, 2.24) is 30.2 Å². The van der Waals surface area contributed by atoms with Crippen LogP contribution in [0.25, 0.3) is 0 Å². The van der Waals surface area contributed by atoms with E-state index in [0.717, 1.165) is 76.4 Å². The van der Waals surface area contributed by atoms with Crippen LogP contribution in [-0.2, 0) is 6.54 Å². The number of nitrogens with one attached hydrogen (secondary N) is 3. The van der Waals surface area contributed by atoms with E-state index in [-0.39, 0.29) is 21.2 Å². The number of hydrogen-bond acceptors (Lipinski definition) is 9. The lowest BCUT2D eigenvalue weighted by atomic mass is 10.2. The minimum absolute atomic E-state index is 0.0235. The van der Waals surface area contributed by atoms with Crippen molar-refractivity contribution < 1.29 is 13.6 Å². The summed E-state index contributed by atoms with van der Waals surface area (Å²) < 4.78 is 25.5. The van der Waals surface area contributed by atoms with E-state index in [2.05, 4.69) is 40.0 Å². The molecule has 0 aliphatic carbocycles. The van der Waals surface area contributed by atoms with Crippen molar-refractivity contribution in [2.45, 2.75) is 6.54 Å². The van der Waals surface area contributed by atoms with Gasteiger partial charge in [-0.15, -0.1) is 0 Å². The number of H-pyrrole nitrogens is 2. The van der Waals surface area contributed by atoms with Crippen LogP contribution in [0.2, 0.25) is 10.0 Å². The molecule has 15 heteroatoms. The Kier molecular flexibility index (Phi) is 12.6. The van der Waals surface area contributed by atoms with Gasteiger partial charge in [-0.3, -0.25) is 19.3 Å². The van der Waals surface area contributed by atoms with Gasteiger partial charge in [0.15, 0.2) is 0 Å².